The van der Waals surface area contributed by atoms with Crippen LogP contribution in [0.2, 0.25) is 0 Å². The lowest BCUT2D eigenvalue weighted by atomic mass is 9.82. The molecular formula is C18H24N4O6. The van der Waals surface area contributed by atoms with E-state index in [9.17, 15) is 24.6 Å². The zero-order valence-corrected chi connectivity index (χ0v) is 16.2. The zero-order valence-electron chi connectivity index (χ0n) is 16.2. The van der Waals surface area contributed by atoms with Crippen molar-refractivity contribution in [3.05, 3.63) is 23.2 Å². The molecule has 0 radical (unpaired) electrons. The van der Waals surface area contributed by atoms with Crippen molar-refractivity contribution in [2.24, 2.45) is 5.92 Å². The molecule has 10 nitrogen and oxygen atoms in total. The number of amides is 2. The maximum atomic E-state index is 12.3. The maximum Gasteiger partial charge on any atom is 0.409 e. The van der Waals surface area contributed by atoms with Gasteiger partial charge in [-0.05, 0) is 25.8 Å². The van der Waals surface area contributed by atoms with Crippen LogP contribution in [0.5, 0.6) is 0 Å². The van der Waals surface area contributed by atoms with Gasteiger partial charge in [0.15, 0.2) is 0 Å². The van der Waals surface area contributed by atoms with Crippen LogP contribution in [0, 0.1) is 12.8 Å². The molecule has 0 unspecified atom stereocenters. The Morgan fingerprint density at radius 1 is 1.43 bits per heavy atom. The van der Waals surface area contributed by atoms with Gasteiger partial charge in [0, 0.05) is 25.9 Å². The van der Waals surface area contributed by atoms with E-state index in [1.165, 1.54) is 16.7 Å². The van der Waals surface area contributed by atoms with Crippen LogP contribution in [0.15, 0.2) is 11.9 Å². The number of ether oxygens (including phenoxy) is 1. The number of aryl methyl sites for hydroxylation is 1. The third-order valence-corrected chi connectivity index (χ3v) is 5.07. The van der Waals surface area contributed by atoms with Gasteiger partial charge in [0.1, 0.15) is 12.3 Å². The Balaban J connectivity index is 1.81. The fourth-order valence-corrected chi connectivity index (χ4v) is 3.77. The summed E-state index contributed by atoms with van der Waals surface area (Å²) in [5, 5.41) is 23.9. The average molecular weight is 392 g/mol. The topological polar surface area (TPSA) is 125 Å². The predicted molar refractivity (Wildman–Crippen MR) is 97.0 cm³/mol. The van der Waals surface area contributed by atoms with Crippen LogP contribution in [0.1, 0.15) is 24.6 Å². The normalized spacial score (nSPS) is 22.0. The fourth-order valence-electron chi connectivity index (χ4n) is 3.77. The van der Waals surface area contributed by atoms with Gasteiger partial charge in [0.2, 0.25) is 5.91 Å². The highest BCUT2D eigenvalue weighted by molar-refractivity contribution is 6.06. The molecule has 10 heteroatoms. The molecular weight excluding hydrogens is 368 g/mol. The first-order chi connectivity index (χ1) is 13.1. The van der Waals surface area contributed by atoms with Gasteiger partial charge in [-0.3, -0.25) is 9.48 Å². The molecule has 2 aliphatic heterocycles. The number of carbonyl (C=O) groups excluding carboxylic acids is 2. The Hall–Kier alpha value is -2.88. The standard InChI is InChI=1S/C18H24N4O6/c1-9-8-21(5-6-28-18(27)20(3)4)19-14(9)11-7-12-13(10(2)23)16(24)22(12)15(11)17(25)26/h8,10,12-13,23H,5-7H2,1-4H3,(H,25,26)/t10-,12-,13-/m1/s1. The van der Waals surface area contributed by atoms with Crippen LogP contribution in [-0.2, 0) is 20.9 Å². The van der Waals surface area contributed by atoms with E-state index in [0.29, 0.717) is 24.2 Å². The minimum Gasteiger partial charge on any atom is -0.477 e. The second-order valence-electron chi connectivity index (χ2n) is 7.31. The molecule has 28 heavy (non-hydrogen) atoms. The number of aliphatic carboxylic acids is 1. The van der Waals surface area contributed by atoms with Gasteiger partial charge in [0.25, 0.3) is 0 Å². The van der Waals surface area contributed by atoms with Crippen molar-refractivity contribution in [1.29, 1.82) is 0 Å². The zero-order chi connectivity index (χ0) is 20.7. The van der Waals surface area contributed by atoms with Gasteiger partial charge >= 0.3 is 12.1 Å². The third-order valence-electron chi connectivity index (χ3n) is 5.07. The molecule has 3 atom stereocenters. The summed E-state index contributed by atoms with van der Waals surface area (Å²) in [6.45, 7) is 3.78. The number of carboxylic acids is 1. The Morgan fingerprint density at radius 3 is 2.68 bits per heavy atom. The van der Waals surface area contributed by atoms with Crippen molar-refractivity contribution in [3.8, 4) is 0 Å². The minimum atomic E-state index is -1.19. The summed E-state index contributed by atoms with van der Waals surface area (Å²) < 4.78 is 6.67. The summed E-state index contributed by atoms with van der Waals surface area (Å²) in [6.07, 6.45) is 0.779. The van der Waals surface area contributed by atoms with E-state index in [4.69, 9.17) is 4.74 Å². The third kappa shape index (κ3) is 3.24. The predicted octanol–water partition coefficient (Wildman–Crippen LogP) is 0.297. The molecule has 1 fully saturated rings. The number of β-lactam (4-membered cyclic amide) rings is 1. The van der Waals surface area contributed by atoms with Gasteiger partial charge in [-0.15, -0.1) is 0 Å². The van der Waals surface area contributed by atoms with Crippen molar-refractivity contribution >= 4 is 23.5 Å². The van der Waals surface area contributed by atoms with Crippen LogP contribution in [0.4, 0.5) is 4.79 Å². The maximum absolute atomic E-state index is 12.3. The number of aliphatic hydroxyl groups excluding tert-OH is 1. The van der Waals surface area contributed by atoms with Gasteiger partial charge < -0.3 is 24.7 Å². The van der Waals surface area contributed by atoms with E-state index in [2.05, 4.69) is 5.10 Å². The van der Waals surface area contributed by atoms with Crippen LogP contribution in [-0.4, -0.2) is 80.6 Å². The van der Waals surface area contributed by atoms with E-state index in [-0.39, 0.29) is 24.3 Å². The average Bonchev–Trinajstić information content (AvgIpc) is 3.12. The van der Waals surface area contributed by atoms with Crippen LogP contribution < -0.4 is 0 Å². The largest absolute Gasteiger partial charge is 0.477 e. The first-order valence-corrected chi connectivity index (χ1v) is 8.99. The Bertz CT molecular complexity index is 856. The monoisotopic (exact) mass is 392 g/mol. The quantitative estimate of drug-likeness (QED) is 0.667. The van der Waals surface area contributed by atoms with E-state index >= 15 is 0 Å². The van der Waals surface area contributed by atoms with Gasteiger partial charge in [-0.2, -0.15) is 5.10 Å². The minimum absolute atomic E-state index is 0.0701. The number of aliphatic hydroxyl groups is 1. The Morgan fingerprint density at radius 2 is 2.11 bits per heavy atom. The molecule has 1 aromatic heterocycles. The molecule has 0 aromatic carbocycles. The summed E-state index contributed by atoms with van der Waals surface area (Å²) in [4.78, 5) is 38.2. The highest BCUT2D eigenvalue weighted by Crippen LogP contribution is 2.47. The summed E-state index contributed by atoms with van der Waals surface area (Å²) in [5.74, 6) is -2.16. The Kier molecular flexibility index (Phi) is 5.16. The highest BCUT2D eigenvalue weighted by Gasteiger charge is 2.57. The highest BCUT2D eigenvalue weighted by atomic mass is 16.6. The molecule has 0 aliphatic carbocycles. The molecule has 3 heterocycles. The SMILES string of the molecule is Cc1cn(CCOC(=O)N(C)C)nc1C1=C(C(=O)O)N2C(=O)[C@H]([C@@H](C)O)[C@H]2C1. The number of hydrogen-bond donors (Lipinski definition) is 2. The van der Waals surface area contributed by atoms with Crippen molar-refractivity contribution in [2.75, 3.05) is 20.7 Å². The summed E-state index contributed by atoms with van der Waals surface area (Å²) >= 11 is 0. The number of aromatic nitrogens is 2. The number of carboxylic acid groups (broad SMARTS) is 1. The molecule has 1 saturated heterocycles. The molecule has 2 amide bonds. The smallest absolute Gasteiger partial charge is 0.409 e. The molecule has 2 N–H and O–H groups in total. The van der Waals surface area contributed by atoms with Crippen LogP contribution >= 0.6 is 0 Å². The summed E-state index contributed by atoms with van der Waals surface area (Å²) in [5.41, 5.74) is 1.67. The molecule has 2 aliphatic rings. The van der Waals surface area contributed by atoms with E-state index in [1.54, 1.807) is 31.9 Å². The van der Waals surface area contributed by atoms with Crippen molar-refractivity contribution < 1.29 is 29.3 Å². The molecule has 3 rings (SSSR count). The van der Waals surface area contributed by atoms with Crippen LogP contribution in [0.3, 0.4) is 0 Å². The van der Waals surface area contributed by atoms with Gasteiger partial charge in [-0.1, -0.05) is 0 Å². The molecule has 0 spiro atoms. The fraction of sp³-hybridized carbons (Fsp3) is 0.556. The second kappa shape index (κ2) is 7.27. The number of carbonyl (C=O) groups is 3. The number of rotatable bonds is 6. The van der Waals surface area contributed by atoms with E-state index < -0.39 is 24.1 Å². The van der Waals surface area contributed by atoms with Crippen molar-refractivity contribution in [1.82, 2.24) is 19.6 Å². The number of nitrogens with zero attached hydrogens (tertiary/aromatic N) is 4. The van der Waals surface area contributed by atoms with E-state index in [0.717, 1.165) is 5.56 Å². The Labute approximate surface area is 162 Å². The van der Waals surface area contributed by atoms with Gasteiger partial charge in [-0.25, -0.2) is 9.59 Å². The lowest BCUT2D eigenvalue weighted by Crippen LogP contribution is -2.61. The second-order valence-corrected chi connectivity index (χ2v) is 7.31. The van der Waals surface area contributed by atoms with Gasteiger partial charge in [0.05, 0.1) is 30.3 Å². The van der Waals surface area contributed by atoms with Crippen LogP contribution in [0.25, 0.3) is 5.57 Å². The summed E-state index contributed by atoms with van der Waals surface area (Å²) in [6, 6.07) is -0.362. The molecule has 1 aromatic rings. The molecule has 0 bridgehead atoms. The first-order valence-electron chi connectivity index (χ1n) is 8.99. The summed E-state index contributed by atoms with van der Waals surface area (Å²) in [7, 11) is 3.17. The first kappa shape index (κ1) is 19.9. The van der Waals surface area contributed by atoms with Crippen molar-refractivity contribution in [3.63, 3.8) is 0 Å². The van der Waals surface area contributed by atoms with E-state index in [1.807, 2.05) is 0 Å². The lowest BCUT2D eigenvalue weighted by Gasteiger charge is -2.44. The number of hydrogen-bond acceptors (Lipinski definition) is 6. The molecule has 152 valence electrons. The van der Waals surface area contributed by atoms with Crippen molar-refractivity contribution in [2.45, 2.75) is 39.0 Å². The lowest BCUT2D eigenvalue weighted by molar-refractivity contribution is -0.161. The number of fused-ring (bicyclic) bond motifs is 1. The molecule has 0 saturated carbocycles.